The Kier molecular flexibility index (Phi) is 3.14. The highest BCUT2D eigenvalue weighted by Gasteiger charge is 2.56. The molecule has 0 aromatic carbocycles. The van der Waals surface area contributed by atoms with E-state index in [2.05, 4.69) is 4.99 Å². The molecule has 0 saturated heterocycles. The van der Waals surface area contributed by atoms with E-state index in [1.54, 1.807) is 12.3 Å². The van der Waals surface area contributed by atoms with E-state index in [-0.39, 0.29) is 17.4 Å². The predicted molar refractivity (Wildman–Crippen MR) is 92.4 cm³/mol. The summed E-state index contributed by atoms with van der Waals surface area (Å²) < 4.78 is 6.55. The van der Waals surface area contributed by atoms with E-state index in [1.165, 1.54) is 12.8 Å². The number of aliphatic imine (C=N–C) groups is 1. The summed E-state index contributed by atoms with van der Waals surface area (Å²) in [6.07, 6.45) is 12.8. The van der Waals surface area contributed by atoms with Crippen LogP contribution in [0.1, 0.15) is 32.1 Å². The summed E-state index contributed by atoms with van der Waals surface area (Å²) in [5.74, 6) is 2.08. The third-order valence-electron chi connectivity index (χ3n) is 6.56. The summed E-state index contributed by atoms with van der Waals surface area (Å²) in [6, 6.07) is 0.337. The molecule has 5 heteroatoms. The first-order valence-electron chi connectivity index (χ1n) is 8.85. The molecular weight excluding hydrogens is 324 g/mol. The molecule has 6 rings (SSSR count). The zero-order valence-electron chi connectivity index (χ0n) is 13.5. The lowest BCUT2D eigenvalue weighted by Crippen LogP contribution is -2.60. The van der Waals surface area contributed by atoms with Gasteiger partial charge < -0.3 is 10.5 Å². The number of halogens is 1. The maximum Gasteiger partial charge on any atom is 0.257 e. The molecule has 3 atom stereocenters. The number of dihydropyridines is 1. The predicted octanol–water partition coefficient (Wildman–Crippen LogP) is 3.08. The first kappa shape index (κ1) is 14.9. The number of rotatable bonds is 2. The maximum absolute atomic E-state index is 11.9. The quantitative estimate of drug-likeness (QED) is 0.837. The summed E-state index contributed by atoms with van der Waals surface area (Å²) in [5, 5.41) is 0.530. The van der Waals surface area contributed by atoms with Crippen molar-refractivity contribution < 1.29 is 9.53 Å². The van der Waals surface area contributed by atoms with Gasteiger partial charge in [0.05, 0.1) is 11.0 Å². The molecule has 4 saturated carbocycles. The smallest absolute Gasteiger partial charge is 0.257 e. The molecule has 4 nitrogen and oxygen atoms in total. The molecule has 0 aromatic heterocycles. The van der Waals surface area contributed by atoms with Gasteiger partial charge in [-0.3, -0.25) is 4.79 Å². The van der Waals surface area contributed by atoms with Crippen LogP contribution in [0.2, 0.25) is 0 Å². The number of nitrogens with two attached hydrogens (primary N) is 1. The molecule has 126 valence electrons. The van der Waals surface area contributed by atoms with E-state index >= 15 is 0 Å². The SMILES string of the molecule is NC1C2CC3CC1CC(OC1=CC4=CC=NC(=O)C4C=C1Cl)(C3)C2. The molecular formula is C19H21ClN2O2. The van der Waals surface area contributed by atoms with Crippen molar-refractivity contribution in [1.82, 2.24) is 0 Å². The van der Waals surface area contributed by atoms with Crippen molar-refractivity contribution in [2.45, 2.75) is 43.7 Å². The van der Waals surface area contributed by atoms with Crippen LogP contribution in [-0.2, 0) is 9.53 Å². The second kappa shape index (κ2) is 5.06. The van der Waals surface area contributed by atoms with Crippen LogP contribution in [-0.4, -0.2) is 23.8 Å². The Hall–Kier alpha value is -1.39. The Balaban J connectivity index is 1.44. The van der Waals surface area contributed by atoms with Gasteiger partial charge in [-0.2, -0.15) is 0 Å². The average molecular weight is 345 g/mol. The van der Waals surface area contributed by atoms with Gasteiger partial charge in [0.2, 0.25) is 0 Å². The summed E-state index contributed by atoms with van der Waals surface area (Å²) in [5.41, 5.74) is 7.21. The fourth-order valence-corrected chi connectivity index (χ4v) is 5.92. The van der Waals surface area contributed by atoms with Gasteiger partial charge in [-0.25, -0.2) is 4.99 Å². The third kappa shape index (κ3) is 2.16. The highest BCUT2D eigenvalue weighted by molar-refractivity contribution is 6.32. The second-order valence-electron chi connectivity index (χ2n) is 8.12. The van der Waals surface area contributed by atoms with Gasteiger partial charge in [-0.15, -0.1) is 0 Å². The van der Waals surface area contributed by atoms with Crippen LogP contribution in [0.25, 0.3) is 0 Å². The normalized spacial score (nSPS) is 45.5. The van der Waals surface area contributed by atoms with E-state index < -0.39 is 0 Å². The molecule has 5 aliphatic carbocycles. The average Bonchev–Trinajstić information content (AvgIpc) is 2.53. The number of carbonyl (C=O) groups is 1. The topological polar surface area (TPSA) is 64.7 Å². The number of fused-ring (bicyclic) bond motifs is 1. The molecule has 3 unspecified atom stereocenters. The van der Waals surface area contributed by atoms with Crippen molar-refractivity contribution in [1.29, 1.82) is 0 Å². The van der Waals surface area contributed by atoms with Gasteiger partial charge >= 0.3 is 0 Å². The van der Waals surface area contributed by atoms with Crippen LogP contribution in [0.5, 0.6) is 0 Å². The first-order valence-corrected chi connectivity index (χ1v) is 9.23. The summed E-state index contributed by atoms with van der Waals surface area (Å²) in [7, 11) is 0. The molecule has 4 fully saturated rings. The van der Waals surface area contributed by atoms with E-state index in [9.17, 15) is 4.79 Å². The minimum absolute atomic E-state index is 0.119. The third-order valence-corrected chi connectivity index (χ3v) is 6.87. The number of ether oxygens (including phenoxy) is 1. The van der Waals surface area contributed by atoms with Crippen molar-refractivity contribution in [3.05, 3.63) is 34.6 Å². The van der Waals surface area contributed by atoms with Gasteiger partial charge in [0.1, 0.15) is 11.4 Å². The molecule has 0 radical (unpaired) electrons. The number of carbonyl (C=O) groups excluding carboxylic acids is 1. The number of nitrogens with zero attached hydrogens (tertiary/aromatic N) is 1. The molecule has 0 spiro atoms. The van der Waals surface area contributed by atoms with Crippen molar-refractivity contribution in [3.63, 3.8) is 0 Å². The first-order chi connectivity index (χ1) is 11.5. The molecule has 4 bridgehead atoms. The fourth-order valence-electron chi connectivity index (χ4n) is 5.70. The maximum atomic E-state index is 11.9. The van der Waals surface area contributed by atoms with Crippen LogP contribution in [0.3, 0.4) is 0 Å². The molecule has 0 aromatic rings. The van der Waals surface area contributed by atoms with Crippen LogP contribution >= 0.6 is 11.6 Å². The Morgan fingerprint density at radius 3 is 2.75 bits per heavy atom. The van der Waals surface area contributed by atoms with E-state index in [0.29, 0.717) is 28.7 Å². The van der Waals surface area contributed by atoms with E-state index in [4.69, 9.17) is 22.1 Å². The lowest BCUT2D eigenvalue weighted by molar-refractivity contribution is -0.144. The van der Waals surface area contributed by atoms with Gasteiger partial charge in [0, 0.05) is 12.3 Å². The van der Waals surface area contributed by atoms with Crippen molar-refractivity contribution >= 4 is 23.7 Å². The Labute approximate surface area is 146 Å². The van der Waals surface area contributed by atoms with Crippen LogP contribution in [0, 0.1) is 23.7 Å². The van der Waals surface area contributed by atoms with Gasteiger partial charge in [-0.05, 0) is 73.7 Å². The standard InChI is InChI=1S/C19H21ClN2O2/c20-15-6-14-11(1-2-22-18(14)23)5-16(15)24-19-7-10-3-12(8-19)17(21)13(4-10)9-19/h1-2,5-6,10,12-14,17H,3-4,7-9,21H2. The monoisotopic (exact) mass is 344 g/mol. The number of allylic oxidation sites excluding steroid dienone is 3. The van der Waals surface area contributed by atoms with Crippen LogP contribution in [0.15, 0.2) is 39.6 Å². The zero-order chi connectivity index (χ0) is 16.5. The molecule has 1 amide bonds. The second-order valence-corrected chi connectivity index (χ2v) is 8.52. The lowest BCUT2D eigenvalue weighted by atomic mass is 9.52. The molecule has 1 aliphatic heterocycles. The summed E-state index contributed by atoms with van der Waals surface area (Å²) in [6.45, 7) is 0. The van der Waals surface area contributed by atoms with Crippen molar-refractivity contribution in [2.75, 3.05) is 0 Å². The molecule has 2 N–H and O–H groups in total. The summed E-state index contributed by atoms with van der Waals surface area (Å²) in [4.78, 5) is 15.7. The molecule has 6 aliphatic rings. The van der Waals surface area contributed by atoms with E-state index in [0.717, 1.165) is 30.8 Å². The minimum atomic E-state index is -0.361. The molecule has 24 heavy (non-hydrogen) atoms. The van der Waals surface area contributed by atoms with Crippen molar-refractivity contribution in [2.24, 2.45) is 34.4 Å². The number of amides is 1. The lowest BCUT2D eigenvalue weighted by Gasteiger charge is -2.58. The summed E-state index contributed by atoms with van der Waals surface area (Å²) >= 11 is 6.45. The van der Waals surface area contributed by atoms with Gasteiger partial charge in [0.25, 0.3) is 5.91 Å². The van der Waals surface area contributed by atoms with Crippen LogP contribution < -0.4 is 5.73 Å². The fraction of sp³-hybridized carbons (Fsp3) is 0.579. The van der Waals surface area contributed by atoms with Gasteiger partial charge in [0.15, 0.2) is 0 Å². The molecule has 1 heterocycles. The Bertz CT molecular complexity index is 720. The number of hydrogen-bond donors (Lipinski definition) is 1. The van der Waals surface area contributed by atoms with Crippen molar-refractivity contribution in [3.8, 4) is 0 Å². The Morgan fingerprint density at radius 1 is 1.25 bits per heavy atom. The Morgan fingerprint density at radius 2 is 2.00 bits per heavy atom. The highest BCUT2D eigenvalue weighted by atomic mass is 35.5. The number of hydrogen-bond acceptors (Lipinski definition) is 3. The minimum Gasteiger partial charge on any atom is -0.486 e. The van der Waals surface area contributed by atoms with Gasteiger partial charge in [-0.1, -0.05) is 11.6 Å². The largest absolute Gasteiger partial charge is 0.486 e. The van der Waals surface area contributed by atoms with E-state index in [1.807, 2.05) is 12.2 Å². The van der Waals surface area contributed by atoms with Crippen LogP contribution in [0.4, 0.5) is 0 Å². The highest BCUT2D eigenvalue weighted by Crippen LogP contribution is 2.57. The zero-order valence-corrected chi connectivity index (χ0v) is 14.2.